The van der Waals surface area contributed by atoms with Gasteiger partial charge in [-0.3, -0.25) is 4.79 Å². The van der Waals surface area contributed by atoms with Gasteiger partial charge in [-0.05, 0) is 43.7 Å². The molecule has 2 aromatic heterocycles. The van der Waals surface area contributed by atoms with Crippen LogP contribution in [-0.2, 0) is 5.41 Å². The first kappa shape index (κ1) is 21.6. The van der Waals surface area contributed by atoms with Gasteiger partial charge in [0.05, 0.1) is 16.5 Å². The number of hydrogen-bond acceptors (Lipinski definition) is 5. The first-order valence-electron chi connectivity index (χ1n) is 10.6. The molecule has 0 unspecified atom stereocenters. The third-order valence-electron chi connectivity index (χ3n) is 5.89. The molecule has 0 aliphatic rings. The molecule has 0 bridgehead atoms. The van der Waals surface area contributed by atoms with Gasteiger partial charge in [-0.15, -0.1) is 0 Å². The van der Waals surface area contributed by atoms with Crippen LogP contribution in [0.4, 0.5) is 8.78 Å². The highest BCUT2D eigenvalue weighted by Crippen LogP contribution is 2.33. The second-order valence-corrected chi connectivity index (χ2v) is 8.55. The van der Waals surface area contributed by atoms with Crippen molar-refractivity contribution in [3.63, 3.8) is 0 Å². The summed E-state index contributed by atoms with van der Waals surface area (Å²) in [5, 5.41) is 9.59. The molecule has 2 heterocycles. The van der Waals surface area contributed by atoms with Crippen LogP contribution in [0.15, 0.2) is 76.0 Å². The lowest BCUT2D eigenvalue weighted by atomic mass is 9.83. The van der Waals surface area contributed by atoms with Crippen molar-refractivity contribution in [2.24, 2.45) is 0 Å². The molecule has 6 nitrogen and oxygen atoms in total. The van der Waals surface area contributed by atoms with Crippen molar-refractivity contribution in [2.45, 2.75) is 26.2 Å². The van der Waals surface area contributed by atoms with Gasteiger partial charge in [0.25, 0.3) is 5.56 Å². The highest BCUT2D eigenvalue weighted by molar-refractivity contribution is 5.94. The third-order valence-corrected chi connectivity index (χ3v) is 5.89. The zero-order valence-corrected chi connectivity index (χ0v) is 18.7. The monoisotopic (exact) mass is 458 g/mol. The third kappa shape index (κ3) is 3.57. The first-order chi connectivity index (χ1) is 16.3. The van der Waals surface area contributed by atoms with E-state index in [4.69, 9.17) is 4.52 Å². The molecule has 0 saturated heterocycles. The molecule has 170 valence electrons. The van der Waals surface area contributed by atoms with Crippen LogP contribution in [0.25, 0.3) is 27.7 Å². The molecule has 3 aromatic carbocycles. The van der Waals surface area contributed by atoms with Gasteiger partial charge >= 0.3 is 0 Å². The van der Waals surface area contributed by atoms with Gasteiger partial charge in [0, 0.05) is 23.9 Å². The van der Waals surface area contributed by atoms with Crippen LogP contribution in [-0.4, -0.2) is 19.9 Å². The summed E-state index contributed by atoms with van der Waals surface area (Å²) < 4.78 is 34.2. The van der Waals surface area contributed by atoms with Crippen molar-refractivity contribution < 1.29 is 13.3 Å². The summed E-state index contributed by atoms with van der Waals surface area (Å²) in [4.78, 5) is 17.6. The molecule has 5 rings (SSSR count). The molecule has 8 heteroatoms. The Kier molecular flexibility index (Phi) is 5.08. The quantitative estimate of drug-likeness (QED) is 0.363. The van der Waals surface area contributed by atoms with Crippen LogP contribution < -0.4 is 5.56 Å². The van der Waals surface area contributed by atoms with E-state index in [1.54, 1.807) is 25.1 Å². The van der Waals surface area contributed by atoms with Crippen molar-refractivity contribution in [2.75, 3.05) is 0 Å². The van der Waals surface area contributed by atoms with E-state index in [1.165, 1.54) is 6.07 Å². The van der Waals surface area contributed by atoms with Gasteiger partial charge in [-0.25, -0.2) is 8.78 Å². The highest BCUT2D eigenvalue weighted by atomic mass is 19.1. The molecule has 0 spiro atoms. The Hall–Kier alpha value is -4.20. The lowest BCUT2D eigenvalue weighted by Gasteiger charge is -2.22. The largest absolute Gasteiger partial charge is 0.340 e. The zero-order chi connectivity index (χ0) is 24.0. The minimum absolute atomic E-state index is 0.128. The van der Waals surface area contributed by atoms with E-state index in [-0.39, 0.29) is 5.69 Å². The molecule has 0 fully saturated rings. The average Bonchev–Trinajstić information content (AvgIpc) is 3.27. The van der Waals surface area contributed by atoms with Crippen LogP contribution in [0.1, 0.15) is 31.1 Å². The van der Waals surface area contributed by atoms with Crippen LogP contribution in [0.5, 0.6) is 0 Å². The second-order valence-electron chi connectivity index (χ2n) is 8.55. The van der Waals surface area contributed by atoms with Crippen molar-refractivity contribution in [1.82, 2.24) is 19.9 Å². The summed E-state index contributed by atoms with van der Waals surface area (Å²) in [7, 11) is 0. The maximum atomic E-state index is 14.6. The van der Waals surface area contributed by atoms with E-state index < -0.39 is 22.6 Å². The van der Waals surface area contributed by atoms with Gasteiger partial charge in [-0.1, -0.05) is 41.6 Å². The minimum atomic E-state index is -0.877. The highest BCUT2D eigenvalue weighted by Gasteiger charge is 2.29. The molecule has 34 heavy (non-hydrogen) atoms. The number of fused-ring (bicyclic) bond motifs is 1. The van der Waals surface area contributed by atoms with Crippen LogP contribution >= 0.6 is 0 Å². The predicted octanol–water partition coefficient (Wildman–Crippen LogP) is 5.35. The molecular formula is C26H20F2N4O2. The van der Waals surface area contributed by atoms with E-state index in [1.807, 2.05) is 44.2 Å². The summed E-state index contributed by atoms with van der Waals surface area (Å²) in [6, 6.07) is 17.7. The number of aryl methyl sites for hydroxylation is 1. The Morgan fingerprint density at radius 1 is 0.941 bits per heavy atom. The molecule has 0 N–H and O–H groups in total. The van der Waals surface area contributed by atoms with Gasteiger partial charge in [0.2, 0.25) is 5.89 Å². The summed E-state index contributed by atoms with van der Waals surface area (Å²) in [6.07, 6.45) is 0. The van der Waals surface area contributed by atoms with E-state index in [0.717, 1.165) is 27.9 Å². The van der Waals surface area contributed by atoms with E-state index in [0.29, 0.717) is 28.2 Å². The molecule has 0 radical (unpaired) electrons. The first-order valence-corrected chi connectivity index (χ1v) is 10.6. The summed E-state index contributed by atoms with van der Waals surface area (Å²) in [6.45, 7) is 5.70. The fourth-order valence-electron chi connectivity index (χ4n) is 3.96. The van der Waals surface area contributed by atoms with E-state index in [2.05, 4.69) is 15.2 Å². The normalized spacial score (nSPS) is 11.8. The summed E-state index contributed by atoms with van der Waals surface area (Å²) in [5.74, 6) is -0.598. The number of halogens is 2. The fraction of sp³-hybridized carbons (Fsp3) is 0.154. The number of nitrogens with zero attached hydrogens (tertiary/aromatic N) is 4. The van der Waals surface area contributed by atoms with Crippen molar-refractivity contribution >= 4 is 10.8 Å². The minimum Gasteiger partial charge on any atom is -0.340 e. The van der Waals surface area contributed by atoms with Crippen molar-refractivity contribution in [3.8, 4) is 16.9 Å². The maximum Gasteiger partial charge on any atom is 0.279 e. The van der Waals surface area contributed by atoms with Gasteiger partial charge < -0.3 is 4.52 Å². The number of aromatic nitrogens is 4. The van der Waals surface area contributed by atoms with E-state index in [9.17, 15) is 13.6 Å². The molecule has 0 aliphatic heterocycles. The number of hydrogen-bond donors (Lipinski definition) is 0. The average molecular weight is 458 g/mol. The molecular weight excluding hydrogens is 438 g/mol. The standard InChI is InChI=1S/C26H20F2N4O2/c1-15-29-25(31-34-15)26(2,3)17-8-6-7-16(13-17)23-19-9-4-5-10-20(19)24(33)32(30-23)22-12-11-18(27)14-21(22)28/h4-14H,1-3H3. The Morgan fingerprint density at radius 2 is 1.71 bits per heavy atom. The Morgan fingerprint density at radius 3 is 2.41 bits per heavy atom. The number of benzene rings is 3. The van der Waals surface area contributed by atoms with Crippen LogP contribution in [0.3, 0.4) is 0 Å². The molecule has 0 saturated carbocycles. The van der Waals surface area contributed by atoms with Gasteiger partial charge in [0.15, 0.2) is 11.6 Å². The SMILES string of the molecule is Cc1nc(C(C)(C)c2cccc(-c3nn(-c4ccc(F)cc4F)c(=O)c4ccccc34)c2)no1. The lowest BCUT2D eigenvalue weighted by Crippen LogP contribution is -2.23. The van der Waals surface area contributed by atoms with Crippen molar-refractivity contribution in [3.05, 3.63) is 106 Å². The Labute approximate surface area is 193 Å². The van der Waals surface area contributed by atoms with Crippen LogP contribution in [0.2, 0.25) is 0 Å². The topological polar surface area (TPSA) is 73.8 Å². The fourth-order valence-corrected chi connectivity index (χ4v) is 3.96. The molecule has 5 aromatic rings. The maximum absolute atomic E-state index is 14.6. The zero-order valence-electron chi connectivity index (χ0n) is 18.7. The Balaban J connectivity index is 1.74. The second kappa shape index (κ2) is 7.98. The molecule has 0 atom stereocenters. The van der Waals surface area contributed by atoms with E-state index >= 15 is 0 Å². The van der Waals surface area contributed by atoms with Gasteiger partial charge in [-0.2, -0.15) is 14.8 Å². The summed E-state index contributed by atoms with van der Waals surface area (Å²) >= 11 is 0. The number of rotatable bonds is 4. The Bertz CT molecular complexity index is 1600. The van der Waals surface area contributed by atoms with Crippen LogP contribution in [0, 0.1) is 18.6 Å². The van der Waals surface area contributed by atoms with Crippen molar-refractivity contribution in [1.29, 1.82) is 0 Å². The molecule has 0 amide bonds. The summed E-state index contributed by atoms with van der Waals surface area (Å²) in [5.41, 5.74) is 0.920. The van der Waals surface area contributed by atoms with Gasteiger partial charge in [0.1, 0.15) is 11.5 Å². The lowest BCUT2D eigenvalue weighted by molar-refractivity contribution is 0.378. The smallest absolute Gasteiger partial charge is 0.279 e. The predicted molar refractivity (Wildman–Crippen MR) is 124 cm³/mol. The molecule has 0 aliphatic carbocycles.